The van der Waals surface area contributed by atoms with Crippen molar-refractivity contribution in [1.82, 2.24) is 15.1 Å². The molecule has 0 spiro atoms. The normalized spacial score (nSPS) is 23.6. The van der Waals surface area contributed by atoms with Crippen molar-refractivity contribution in [2.75, 3.05) is 13.1 Å². The first kappa shape index (κ1) is 21.4. The van der Waals surface area contributed by atoms with E-state index >= 15 is 0 Å². The SMILES string of the molecule is Cc1ccc(CN2C[C@H]3N(C(=O)NC(C)C)CC[C@]3(c3ccccc3)CCC2=O)cc1. The lowest BCUT2D eigenvalue weighted by Crippen LogP contribution is -2.53. The predicted octanol–water partition coefficient (Wildman–Crippen LogP) is 4.25. The van der Waals surface area contributed by atoms with Gasteiger partial charge in [-0.3, -0.25) is 4.79 Å². The van der Waals surface area contributed by atoms with Crippen LogP contribution in [0, 0.1) is 6.92 Å². The molecule has 2 aromatic carbocycles. The van der Waals surface area contributed by atoms with Crippen molar-refractivity contribution in [3.8, 4) is 0 Å². The van der Waals surface area contributed by atoms with Gasteiger partial charge in [0.2, 0.25) is 5.91 Å². The Morgan fingerprint density at radius 1 is 1.10 bits per heavy atom. The highest BCUT2D eigenvalue weighted by Gasteiger charge is 2.52. The standard InChI is InChI=1S/C26H33N3O2/c1-19(2)27-25(31)29-16-15-26(22-7-5-4-6-8-22)14-13-24(30)28(18-23(26)29)17-21-11-9-20(3)10-12-21/h4-12,19,23H,13-18H2,1-3H3,(H,27,31)/t23-,26+/m1/s1. The third-order valence-corrected chi connectivity index (χ3v) is 6.86. The first-order valence-corrected chi connectivity index (χ1v) is 11.3. The number of nitrogens with one attached hydrogen (secondary N) is 1. The average Bonchev–Trinajstić information content (AvgIpc) is 3.06. The number of fused-ring (bicyclic) bond motifs is 1. The molecule has 3 amide bonds. The quantitative estimate of drug-likeness (QED) is 0.806. The summed E-state index contributed by atoms with van der Waals surface area (Å²) in [5.41, 5.74) is 3.39. The van der Waals surface area contributed by atoms with Crippen LogP contribution in [-0.4, -0.2) is 46.9 Å². The van der Waals surface area contributed by atoms with Crippen molar-refractivity contribution in [1.29, 1.82) is 0 Å². The van der Waals surface area contributed by atoms with Crippen LogP contribution in [0.4, 0.5) is 4.79 Å². The predicted molar refractivity (Wildman–Crippen MR) is 123 cm³/mol. The molecule has 0 radical (unpaired) electrons. The van der Waals surface area contributed by atoms with Crippen molar-refractivity contribution in [2.24, 2.45) is 0 Å². The van der Waals surface area contributed by atoms with Crippen LogP contribution in [0.25, 0.3) is 0 Å². The number of urea groups is 1. The molecule has 2 fully saturated rings. The van der Waals surface area contributed by atoms with E-state index in [-0.39, 0.29) is 29.4 Å². The van der Waals surface area contributed by atoms with Crippen LogP contribution in [-0.2, 0) is 16.8 Å². The highest BCUT2D eigenvalue weighted by molar-refractivity contribution is 5.79. The molecular weight excluding hydrogens is 386 g/mol. The van der Waals surface area contributed by atoms with Crippen LogP contribution < -0.4 is 5.32 Å². The zero-order valence-corrected chi connectivity index (χ0v) is 18.8. The molecule has 0 unspecified atom stereocenters. The highest BCUT2D eigenvalue weighted by atomic mass is 16.2. The van der Waals surface area contributed by atoms with Crippen molar-refractivity contribution in [3.05, 3.63) is 71.3 Å². The van der Waals surface area contributed by atoms with Gasteiger partial charge in [0.05, 0.1) is 6.04 Å². The molecule has 31 heavy (non-hydrogen) atoms. The van der Waals surface area contributed by atoms with Crippen LogP contribution in [0.1, 0.15) is 49.8 Å². The van der Waals surface area contributed by atoms with E-state index in [0.717, 1.165) is 18.4 Å². The molecule has 5 heteroatoms. The van der Waals surface area contributed by atoms with Gasteiger partial charge < -0.3 is 15.1 Å². The Labute approximate surface area is 185 Å². The Kier molecular flexibility index (Phi) is 6.03. The monoisotopic (exact) mass is 419 g/mol. The number of nitrogens with zero attached hydrogens (tertiary/aromatic N) is 2. The third kappa shape index (κ3) is 4.32. The summed E-state index contributed by atoms with van der Waals surface area (Å²) in [7, 11) is 0. The van der Waals surface area contributed by atoms with Crippen molar-refractivity contribution in [3.63, 3.8) is 0 Å². The van der Waals surface area contributed by atoms with E-state index < -0.39 is 0 Å². The Morgan fingerprint density at radius 2 is 1.81 bits per heavy atom. The van der Waals surface area contributed by atoms with Crippen LogP contribution in [0.15, 0.2) is 54.6 Å². The largest absolute Gasteiger partial charge is 0.336 e. The zero-order valence-electron chi connectivity index (χ0n) is 18.8. The Hall–Kier alpha value is -2.82. The summed E-state index contributed by atoms with van der Waals surface area (Å²) in [6.45, 7) is 7.90. The van der Waals surface area contributed by atoms with Gasteiger partial charge >= 0.3 is 6.03 Å². The maximum atomic E-state index is 13.2. The molecule has 0 saturated carbocycles. The second-order valence-corrected chi connectivity index (χ2v) is 9.35. The summed E-state index contributed by atoms with van der Waals surface area (Å²) >= 11 is 0. The van der Waals surface area contributed by atoms with Gasteiger partial charge in [-0.05, 0) is 44.7 Å². The molecule has 164 valence electrons. The minimum absolute atomic E-state index is 0.0255. The molecule has 2 aromatic rings. The van der Waals surface area contributed by atoms with Crippen LogP contribution in [0.2, 0.25) is 0 Å². The second kappa shape index (κ2) is 8.74. The van der Waals surface area contributed by atoms with Crippen LogP contribution >= 0.6 is 0 Å². The first-order valence-electron chi connectivity index (χ1n) is 11.3. The van der Waals surface area contributed by atoms with Gasteiger partial charge in [-0.25, -0.2) is 4.79 Å². The van der Waals surface area contributed by atoms with Gasteiger partial charge in [0.15, 0.2) is 0 Å². The van der Waals surface area contributed by atoms with E-state index in [1.54, 1.807) is 0 Å². The fourth-order valence-electron chi connectivity index (χ4n) is 5.19. The summed E-state index contributed by atoms with van der Waals surface area (Å²) < 4.78 is 0. The molecule has 0 bridgehead atoms. The number of hydrogen-bond donors (Lipinski definition) is 1. The van der Waals surface area contributed by atoms with Crippen LogP contribution in [0.5, 0.6) is 0 Å². The number of hydrogen-bond acceptors (Lipinski definition) is 2. The average molecular weight is 420 g/mol. The lowest BCUT2D eigenvalue weighted by atomic mass is 9.71. The number of rotatable bonds is 4. The van der Waals surface area contributed by atoms with Gasteiger partial charge in [0, 0.05) is 37.5 Å². The molecular formula is C26H33N3O2. The first-order chi connectivity index (χ1) is 14.9. The number of aryl methyl sites for hydroxylation is 1. The lowest BCUT2D eigenvalue weighted by molar-refractivity contribution is -0.131. The van der Waals surface area contributed by atoms with E-state index in [4.69, 9.17) is 0 Å². The fourth-order valence-corrected chi connectivity index (χ4v) is 5.19. The topological polar surface area (TPSA) is 52.6 Å². The van der Waals surface area contributed by atoms with Gasteiger partial charge in [0.25, 0.3) is 0 Å². The molecule has 4 rings (SSSR count). The Bertz CT molecular complexity index is 925. The molecule has 2 saturated heterocycles. The fraction of sp³-hybridized carbons (Fsp3) is 0.462. The lowest BCUT2D eigenvalue weighted by Gasteiger charge is -2.38. The third-order valence-electron chi connectivity index (χ3n) is 6.86. The van der Waals surface area contributed by atoms with E-state index in [0.29, 0.717) is 26.1 Å². The molecule has 0 aromatic heterocycles. The van der Waals surface area contributed by atoms with Gasteiger partial charge in [-0.15, -0.1) is 0 Å². The smallest absolute Gasteiger partial charge is 0.317 e. The summed E-state index contributed by atoms with van der Waals surface area (Å²) in [5.74, 6) is 0.175. The number of likely N-dealkylation sites (tertiary alicyclic amines) is 2. The Morgan fingerprint density at radius 3 is 2.48 bits per heavy atom. The maximum Gasteiger partial charge on any atom is 0.317 e. The number of carbonyl (C=O) groups is 2. The summed E-state index contributed by atoms with van der Waals surface area (Å²) in [6, 6.07) is 18.9. The van der Waals surface area contributed by atoms with Gasteiger partial charge in [-0.1, -0.05) is 60.2 Å². The van der Waals surface area contributed by atoms with Crippen molar-refractivity contribution < 1.29 is 9.59 Å². The van der Waals surface area contributed by atoms with Crippen molar-refractivity contribution >= 4 is 11.9 Å². The maximum absolute atomic E-state index is 13.2. The number of benzene rings is 2. The summed E-state index contributed by atoms with van der Waals surface area (Å²) in [5, 5.41) is 3.07. The van der Waals surface area contributed by atoms with E-state index in [1.165, 1.54) is 11.1 Å². The molecule has 1 N–H and O–H groups in total. The summed E-state index contributed by atoms with van der Waals surface area (Å²) in [4.78, 5) is 30.2. The molecule has 0 aliphatic carbocycles. The molecule has 2 aliphatic heterocycles. The molecule has 5 nitrogen and oxygen atoms in total. The second-order valence-electron chi connectivity index (χ2n) is 9.35. The van der Waals surface area contributed by atoms with Gasteiger partial charge in [0.1, 0.15) is 0 Å². The molecule has 2 heterocycles. The molecule has 2 aliphatic rings. The van der Waals surface area contributed by atoms with Crippen LogP contribution in [0.3, 0.4) is 0 Å². The number of carbonyl (C=O) groups excluding carboxylic acids is 2. The minimum Gasteiger partial charge on any atom is -0.336 e. The highest BCUT2D eigenvalue weighted by Crippen LogP contribution is 2.46. The number of amides is 3. The Balaban J connectivity index is 1.67. The van der Waals surface area contributed by atoms with E-state index in [2.05, 4.69) is 60.8 Å². The zero-order chi connectivity index (χ0) is 22.0. The van der Waals surface area contributed by atoms with E-state index in [9.17, 15) is 9.59 Å². The minimum atomic E-state index is -0.187. The summed E-state index contributed by atoms with van der Waals surface area (Å²) in [6.07, 6.45) is 2.17. The van der Waals surface area contributed by atoms with Gasteiger partial charge in [-0.2, -0.15) is 0 Å². The van der Waals surface area contributed by atoms with E-state index in [1.807, 2.05) is 29.7 Å². The molecule has 2 atom stereocenters. The van der Waals surface area contributed by atoms with Crippen molar-refractivity contribution in [2.45, 2.75) is 64.1 Å².